The van der Waals surface area contributed by atoms with Crippen LogP contribution in [0.25, 0.3) is 0 Å². The van der Waals surface area contributed by atoms with E-state index < -0.39 is 5.79 Å². The van der Waals surface area contributed by atoms with Gasteiger partial charge in [-0.1, -0.05) is 59.1 Å². The van der Waals surface area contributed by atoms with Crippen molar-refractivity contribution >= 4 is 34.8 Å². The third-order valence-corrected chi connectivity index (χ3v) is 5.76. The number of aryl methyl sites for hydroxylation is 1. The number of hydrogen-bond donors (Lipinski definition) is 0. The summed E-state index contributed by atoms with van der Waals surface area (Å²) in [6, 6.07) is 13.2. The minimum atomic E-state index is -0.993. The first-order chi connectivity index (χ1) is 13.6. The summed E-state index contributed by atoms with van der Waals surface area (Å²) in [6.07, 6.45) is 6.85. The summed E-state index contributed by atoms with van der Waals surface area (Å²) in [7, 11) is 0. The Morgan fingerprint density at radius 3 is 2.71 bits per heavy atom. The zero-order valence-electron chi connectivity index (χ0n) is 15.0. The average Bonchev–Trinajstić information content (AvgIpc) is 3.32. The van der Waals surface area contributed by atoms with Gasteiger partial charge in [0, 0.05) is 28.0 Å². The molecule has 0 amide bonds. The van der Waals surface area contributed by atoms with Crippen LogP contribution in [-0.2, 0) is 28.2 Å². The Kier molecular flexibility index (Phi) is 5.95. The fourth-order valence-corrected chi connectivity index (χ4v) is 4.24. The van der Waals surface area contributed by atoms with Crippen molar-refractivity contribution in [2.75, 3.05) is 6.61 Å². The molecule has 0 radical (unpaired) electrons. The van der Waals surface area contributed by atoms with Crippen LogP contribution in [0.3, 0.4) is 0 Å². The quantitative estimate of drug-likeness (QED) is 0.493. The summed E-state index contributed by atoms with van der Waals surface area (Å²) in [5.41, 5.74) is 1.86. The minimum absolute atomic E-state index is 0.0773. The summed E-state index contributed by atoms with van der Waals surface area (Å²) in [6.45, 7) is 0.912. The molecule has 1 saturated heterocycles. The van der Waals surface area contributed by atoms with Gasteiger partial charge in [-0.3, -0.25) is 0 Å². The topological polar surface area (TPSA) is 36.3 Å². The third kappa shape index (κ3) is 4.22. The number of rotatable bonds is 6. The molecule has 2 atom stereocenters. The summed E-state index contributed by atoms with van der Waals surface area (Å²) < 4.78 is 14.6. The molecule has 3 aromatic rings. The lowest BCUT2D eigenvalue weighted by Crippen LogP contribution is -2.33. The Balaban J connectivity index is 1.56. The molecule has 0 spiro atoms. The van der Waals surface area contributed by atoms with Gasteiger partial charge in [-0.25, -0.2) is 4.98 Å². The maximum absolute atomic E-state index is 6.49. The Morgan fingerprint density at radius 1 is 1.11 bits per heavy atom. The first-order valence-corrected chi connectivity index (χ1v) is 10.2. The van der Waals surface area contributed by atoms with Crippen molar-refractivity contribution in [3.8, 4) is 0 Å². The maximum atomic E-state index is 6.49. The molecule has 0 aliphatic carbocycles. The molecule has 0 bridgehead atoms. The molecule has 2 unspecified atom stereocenters. The summed E-state index contributed by atoms with van der Waals surface area (Å²) in [5.74, 6) is -0.993. The van der Waals surface area contributed by atoms with Crippen molar-refractivity contribution in [2.24, 2.45) is 0 Å². The highest BCUT2D eigenvalue weighted by molar-refractivity contribution is 6.35. The lowest BCUT2D eigenvalue weighted by Gasteiger charge is -2.30. The predicted molar refractivity (Wildman–Crippen MR) is 111 cm³/mol. The van der Waals surface area contributed by atoms with Gasteiger partial charge in [-0.2, -0.15) is 0 Å². The van der Waals surface area contributed by atoms with Gasteiger partial charge in [0.25, 0.3) is 0 Å². The van der Waals surface area contributed by atoms with Crippen molar-refractivity contribution < 1.29 is 9.47 Å². The maximum Gasteiger partial charge on any atom is 0.215 e. The van der Waals surface area contributed by atoms with Crippen LogP contribution in [0.2, 0.25) is 15.1 Å². The molecule has 1 aromatic heterocycles. The number of benzene rings is 2. The van der Waals surface area contributed by atoms with E-state index in [2.05, 4.69) is 4.98 Å². The largest absolute Gasteiger partial charge is 0.342 e. The smallest absolute Gasteiger partial charge is 0.215 e. The molecule has 0 saturated carbocycles. The second kappa shape index (κ2) is 8.44. The van der Waals surface area contributed by atoms with Gasteiger partial charge in [0.05, 0.1) is 30.6 Å². The number of halogens is 3. The van der Waals surface area contributed by atoms with E-state index in [-0.39, 0.29) is 6.10 Å². The summed E-state index contributed by atoms with van der Waals surface area (Å²) in [4.78, 5) is 4.11. The Bertz CT molecular complexity index is 949. The first-order valence-electron chi connectivity index (χ1n) is 9.02. The molecule has 4 nitrogen and oxygen atoms in total. The molecule has 2 aromatic carbocycles. The summed E-state index contributed by atoms with van der Waals surface area (Å²) in [5, 5.41) is 1.85. The Labute approximate surface area is 179 Å². The molecule has 4 rings (SSSR count). The van der Waals surface area contributed by atoms with Crippen molar-refractivity contribution in [2.45, 2.75) is 31.3 Å². The van der Waals surface area contributed by atoms with Crippen molar-refractivity contribution in [3.63, 3.8) is 0 Å². The zero-order valence-corrected chi connectivity index (χ0v) is 17.3. The molecule has 146 valence electrons. The molecule has 1 aliphatic heterocycles. The van der Waals surface area contributed by atoms with E-state index in [1.54, 1.807) is 24.7 Å². The number of imidazole rings is 1. The van der Waals surface area contributed by atoms with Crippen molar-refractivity contribution in [3.05, 3.63) is 87.4 Å². The van der Waals surface area contributed by atoms with Crippen molar-refractivity contribution in [1.29, 1.82) is 0 Å². The van der Waals surface area contributed by atoms with Crippen LogP contribution in [0, 0.1) is 0 Å². The van der Waals surface area contributed by atoms with Crippen LogP contribution in [0.1, 0.15) is 17.5 Å². The van der Waals surface area contributed by atoms with Gasteiger partial charge in [-0.05, 0) is 36.6 Å². The van der Waals surface area contributed by atoms with Gasteiger partial charge in [0.1, 0.15) is 0 Å². The minimum Gasteiger partial charge on any atom is -0.342 e. The lowest BCUT2D eigenvalue weighted by atomic mass is 10.0. The molecule has 2 heterocycles. The highest BCUT2D eigenvalue weighted by atomic mass is 35.5. The SMILES string of the molecule is Clc1ccc(C2(Cn3ccnc3)OCC(CCc3ccccc3Cl)O2)c(Cl)c1. The highest BCUT2D eigenvalue weighted by Gasteiger charge is 2.44. The lowest BCUT2D eigenvalue weighted by molar-refractivity contribution is -0.187. The van der Waals surface area contributed by atoms with E-state index in [0.29, 0.717) is 23.2 Å². The van der Waals surface area contributed by atoms with E-state index in [0.717, 1.165) is 29.0 Å². The monoisotopic (exact) mass is 436 g/mol. The molecule has 1 fully saturated rings. The molecular formula is C21H19Cl3N2O2. The molecule has 0 N–H and O–H groups in total. The third-order valence-electron chi connectivity index (χ3n) is 4.84. The fraction of sp³-hybridized carbons (Fsp3) is 0.286. The normalized spacial score (nSPS) is 21.9. The second-order valence-electron chi connectivity index (χ2n) is 6.79. The van der Waals surface area contributed by atoms with E-state index in [9.17, 15) is 0 Å². The van der Waals surface area contributed by atoms with Crippen LogP contribution >= 0.6 is 34.8 Å². The summed E-state index contributed by atoms with van der Waals surface area (Å²) >= 11 is 18.9. The van der Waals surface area contributed by atoms with Gasteiger partial charge in [-0.15, -0.1) is 0 Å². The van der Waals surface area contributed by atoms with Crippen LogP contribution in [0.4, 0.5) is 0 Å². The fourth-order valence-electron chi connectivity index (χ4n) is 3.45. The highest BCUT2D eigenvalue weighted by Crippen LogP contribution is 2.41. The number of aromatic nitrogens is 2. The number of ether oxygens (including phenoxy) is 2. The first kappa shape index (κ1) is 19.7. The number of hydrogen-bond acceptors (Lipinski definition) is 3. The van der Waals surface area contributed by atoms with Crippen LogP contribution in [0.15, 0.2) is 61.2 Å². The van der Waals surface area contributed by atoms with Crippen LogP contribution < -0.4 is 0 Å². The van der Waals surface area contributed by atoms with Gasteiger partial charge in [0.15, 0.2) is 0 Å². The van der Waals surface area contributed by atoms with Crippen LogP contribution in [-0.4, -0.2) is 22.3 Å². The van der Waals surface area contributed by atoms with Gasteiger partial charge in [0.2, 0.25) is 5.79 Å². The van der Waals surface area contributed by atoms with E-state index in [4.69, 9.17) is 44.3 Å². The zero-order chi connectivity index (χ0) is 19.6. The average molecular weight is 438 g/mol. The Hall–Kier alpha value is -1.56. The molecule has 7 heteroatoms. The van der Waals surface area contributed by atoms with Crippen LogP contribution in [0.5, 0.6) is 0 Å². The molecular weight excluding hydrogens is 419 g/mol. The van der Waals surface area contributed by atoms with Crippen molar-refractivity contribution in [1.82, 2.24) is 9.55 Å². The standard InChI is InChI=1S/C21H19Cl3N2O2/c22-16-6-8-18(20(24)11-16)21(13-26-10-9-25-14-26)27-12-17(28-21)7-5-15-3-1-2-4-19(15)23/h1-4,6,8-11,14,17H,5,7,12-13H2. The van der Waals surface area contributed by atoms with Gasteiger partial charge >= 0.3 is 0 Å². The molecule has 28 heavy (non-hydrogen) atoms. The van der Waals surface area contributed by atoms with E-state index in [1.807, 2.05) is 41.1 Å². The number of nitrogens with zero attached hydrogens (tertiary/aromatic N) is 2. The Morgan fingerprint density at radius 2 is 1.96 bits per heavy atom. The van der Waals surface area contributed by atoms with E-state index >= 15 is 0 Å². The molecule has 1 aliphatic rings. The van der Waals surface area contributed by atoms with E-state index in [1.165, 1.54) is 0 Å². The second-order valence-corrected chi connectivity index (χ2v) is 8.04. The predicted octanol–water partition coefficient (Wildman–Crippen LogP) is 5.74. The van der Waals surface area contributed by atoms with Gasteiger partial charge < -0.3 is 14.0 Å².